The molecule has 26 heavy (non-hydrogen) atoms. The van der Waals surface area contributed by atoms with E-state index in [1.165, 1.54) is 0 Å². The maximum atomic E-state index is 12.7. The predicted octanol–water partition coefficient (Wildman–Crippen LogP) is 2.85. The number of rotatable bonds is 8. The first kappa shape index (κ1) is 20.1. The van der Waals surface area contributed by atoms with E-state index in [0.717, 1.165) is 36.4 Å². The van der Waals surface area contributed by atoms with Gasteiger partial charge in [-0.3, -0.25) is 9.69 Å². The van der Waals surface area contributed by atoms with Gasteiger partial charge in [-0.05, 0) is 39.3 Å². The van der Waals surface area contributed by atoms with Gasteiger partial charge in [0, 0.05) is 30.8 Å². The quantitative estimate of drug-likeness (QED) is 0.714. The number of carbonyl (C=O) groups is 1. The zero-order chi connectivity index (χ0) is 19.1. The molecule has 2 rings (SSSR count). The first-order chi connectivity index (χ1) is 12.5. The van der Waals surface area contributed by atoms with E-state index < -0.39 is 0 Å². The summed E-state index contributed by atoms with van der Waals surface area (Å²) >= 11 is 0. The first-order valence-electron chi connectivity index (χ1n) is 9.17. The Bertz CT molecular complexity index is 656. The molecule has 2 atom stereocenters. The molecule has 0 radical (unpaired) electrons. The van der Waals surface area contributed by atoms with E-state index in [2.05, 4.69) is 11.0 Å². The molecule has 1 fully saturated rings. The van der Waals surface area contributed by atoms with Crippen LogP contribution in [0, 0.1) is 17.2 Å². The Labute approximate surface area is 156 Å². The Morgan fingerprint density at radius 2 is 2.19 bits per heavy atom. The van der Waals surface area contributed by atoms with Crippen LogP contribution in [0.2, 0.25) is 0 Å². The molecule has 1 heterocycles. The SMILES string of the molecule is CCN(CC(C)C#N)C(=O)CN1CCCC1c1ccc(OC)cc1OC. The van der Waals surface area contributed by atoms with Gasteiger partial charge in [0.2, 0.25) is 5.91 Å². The highest BCUT2D eigenvalue weighted by atomic mass is 16.5. The minimum absolute atomic E-state index is 0.0778. The zero-order valence-electron chi connectivity index (χ0n) is 16.2. The zero-order valence-corrected chi connectivity index (χ0v) is 16.2. The minimum atomic E-state index is -0.157. The van der Waals surface area contributed by atoms with Crippen LogP contribution in [0.4, 0.5) is 0 Å². The van der Waals surface area contributed by atoms with Crippen LogP contribution in [0.1, 0.15) is 38.3 Å². The Kier molecular flexibility index (Phi) is 7.28. The molecular weight excluding hydrogens is 330 g/mol. The molecule has 2 unspecified atom stereocenters. The molecule has 1 amide bonds. The lowest BCUT2D eigenvalue weighted by molar-refractivity contribution is -0.132. The number of hydrogen-bond acceptors (Lipinski definition) is 5. The summed E-state index contributed by atoms with van der Waals surface area (Å²) in [6.07, 6.45) is 2.05. The first-order valence-corrected chi connectivity index (χ1v) is 9.17. The molecule has 0 aromatic heterocycles. The summed E-state index contributed by atoms with van der Waals surface area (Å²) in [5.74, 6) is 1.47. The maximum absolute atomic E-state index is 12.7. The lowest BCUT2D eigenvalue weighted by Gasteiger charge is -2.29. The van der Waals surface area contributed by atoms with Crippen molar-refractivity contribution >= 4 is 5.91 Å². The van der Waals surface area contributed by atoms with E-state index in [4.69, 9.17) is 14.7 Å². The van der Waals surface area contributed by atoms with E-state index in [0.29, 0.717) is 19.6 Å². The van der Waals surface area contributed by atoms with Crippen LogP contribution in [-0.2, 0) is 4.79 Å². The van der Waals surface area contributed by atoms with E-state index in [1.807, 2.05) is 32.0 Å². The van der Waals surface area contributed by atoms with Gasteiger partial charge in [0.15, 0.2) is 0 Å². The summed E-state index contributed by atoms with van der Waals surface area (Å²) in [4.78, 5) is 16.7. The molecule has 142 valence electrons. The summed E-state index contributed by atoms with van der Waals surface area (Å²) in [7, 11) is 3.29. The summed E-state index contributed by atoms with van der Waals surface area (Å²) in [5, 5.41) is 9.01. The van der Waals surface area contributed by atoms with Gasteiger partial charge >= 0.3 is 0 Å². The highest BCUT2D eigenvalue weighted by Gasteiger charge is 2.31. The normalized spacial score (nSPS) is 18.2. The Hall–Kier alpha value is -2.26. The van der Waals surface area contributed by atoms with E-state index in [-0.39, 0.29) is 17.9 Å². The summed E-state index contributed by atoms with van der Waals surface area (Å²) < 4.78 is 10.8. The third kappa shape index (κ3) is 4.67. The molecule has 1 aromatic rings. The van der Waals surface area contributed by atoms with Crippen molar-refractivity contribution in [2.45, 2.75) is 32.7 Å². The molecule has 6 heteroatoms. The molecule has 1 aliphatic heterocycles. The molecule has 6 nitrogen and oxygen atoms in total. The van der Waals surface area contributed by atoms with Gasteiger partial charge in [-0.2, -0.15) is 5.26 Å². The molecule has 0 spiro atoms. The molecule has 1 aliphatic rings. The van der Waals surface area contributed by atoms with Crippen LogP contribution in [0.25, 0.3) is 0 Å². The Balaban J connectivity index is 2.13. The summed E-state index contributed by atoms with van der Waals surface area (Å²) in [6, 6.07) is 8.21. The van der Waals surface area contributed by atoms with Gasteiger partial charge in [-0.1, -0.05) is 6.07 Å². The topological polar surface area (TPSA) is 65.8 Å². The van der Waals surface area contributed by atoms with Gasteiger partial charge in [0.05, 0.1) is 32.8 Å². The van der Waals surface area contributed by atoms with Crippen molar-refractivity contribution in [1.82, 2.24) is 9.80 Å². The molecule has 1 aromatic carbocycles. The average Bonchev–Trinajstić information content (AvgIpc) is 3.12. The standard InChI is InChI=1S/C20H29N3O3/c1-5-22(13-15(2)12-21)20(24)14-23-10-6-7-18(23)17-9-8-16(25-3)11-19(17)26-4/h8-9,11,15,18H,5-7,10,13-14H2,1-4H3. The van der Waals surface area contributed by atoms with Gasteiger partial charge in [-0.15, -0.1) is 0 Å². The van der Waals surface area contributed by atoms with Crippen molar-refractivity contribution in [3.8, 4) is 17.6 Å². The predicted molar refractivity (Wildman–Crippen MR) is 100 cm³/mol. The number of methoxy groups -OCH3 is 2. The van der Waals surface area contributed by atoms with Gasteiger partial charge < -0.3 is 14.4 Å². The largest absolute Gasteiger partial charge is 0.497 e. The average molecular weight is 359 g/mol. The van der Waals surface area contributed by atoms with Crippen LogP contribution < -0.4 is 9.47 Å². The second-order valence-corrected chi connectivity index (χ2v) is 6.70. The Morgan fingerprint density at radius 1 is 1.42 bits per heavy atom. The number of nitrogens with zero attached hydrogens (tertiary/aromatic N) is 3. The lowest BCUT2D eigenvalue weighted by atomic mass is 10.0. The number of likely N-dealkylation sites (tertiary alicyclic amines) is 1. The molecule has 0 N–H and O–H groups in total. The number of amides is 1. The molecule has 0 bridgehead atoms. The second kappa shape index (κ2) is 9.44. The van der Waals surface area contributed by atoms with Crippen molar-refractivity contribution in [2.24, 2.45) is 5.92 Å². The fraction of sp³-hybridized carbons (Fsp3) is 0.600. The van der Waals surface area contributed by atoms with Gasteiger partial charge in [0.1, 0.15) is 11.5 Å². The molecule has 0 saturated carbocycles. The van der Waals surface area contributed by atoms with E-state index in [9.17, 15) is 4.79 Å². The fourth-order valence-corrected chi connectivity index (χ4v) is 3.51. The molecule has 0 aliphatic carbocycles. The van der Waals surface area contributed by atoms with Crippen molar-refractivity contribution < 1.29 is 14.3 Å². The summed E-state index contributed by atoms with van der Waals surface area (Å²) in [6.45, 7) is 6.15. The van der Waals surface area contributed by atoms with Crippen molar-refractivity contribution in [1.29, 1.82) is 5.26 Å². The molecular formula is C20H29N3O3. The van der Waals surface area contributed by atoms with Gasteiger partial charge in [0.25, 0.3) is 0 Å². The van der Waals surface area contributed by atoms with Crippen LogP contribution in [0.3, 0.4) is 0 Å². The van der Waals surface area contributed by atoms with Crippen LogP contribution in [-0.4, -0.2) is 56.1 Å². The highest BCUT2D eigenvalue weighted by molar-refractivity contribution is 5.78. The number of ether oxygens (including phenoxy) is 2. The third-order valence-electron chi connectivity index (χ3n) is 4.95. The van der Waals surface area contributed by atoms with Crippen molar-refractivity contribution in [3.05, 3.63) is 23.8 Å². The number of benzene rings is 1. The highest BCUT2D eigenvalue weighted by Crippen LogP contribution is 2.38. The monoisotopic (exact) mass is 359 g/mol. The molecule has 1 saturated heterocycles. The van der Waals surface area contributed by atoms with Crippen LogP contribution in [0.15, 0.2) is 18.2 Å². The van der Waals surface area contributed by atoms with E-state index >= 15 is 0 Å². The lowest BCUT2D eigenvalue weighted by Crippen LogP contribution is -2.41. The van der Waals surface area contributed by atoms with Crippen molar-refractivity contribution in [2.75, 3.05) is 40.4 Å². The smallest absolute Gasteiger partial charge is 0.236 e. The third-order valence-corrected chi connectivity index (χ3v) is 4.95. The van der Waals surface area contributed by atoms with Crippen molar-refractivity contribution in [3.63, 3.8) is 0 Å². The van der Waals surface area contributed by atoms with Crippen LogP contribution >= 0.6 is 0 Å². The maximum Gasteiger partial charge on any atom is 0.236 e. The fourth-order valence-electron chi connectivity index (χ4n) is 3.51. The van der Waals surface area contributed by atoms with Gasteiger partial charge in [-0.25, -0.2) is 0 Å². The second-order valence-electron chi connectivity index (χ2n) is 6.70. The number of hydrogen-bond donors (Lipinski definition) is 0. The number of likely N-dealkylation sites (N-methyl/N-ethyl adjacent to an activating group) is 1. The number of carbonyl (C=O) groups excluding carboxylic acids is 1. The summed E-state index contributed by atoms with van der Waals surface area (Å²) in [5.41, 5.74) is 1.09. The number of nitriles is 1. The Morgan fingerprint density at radius 3 is 2.81 bits per heavy atom. The minimum Gasteiger partial charge on any atom is -0.497 e. The van der Waals surface area contributed by atoms with Crippen LogP contribution in [0.5, 0.6) is 11.5 Å². The van der Waals surface area contributed by atoms with E-state index in [1.54, 1.807) is 19.1 Å².